The number of hydrogen-bond donors (Lipinski definition) is 0. The molecule has 6 heteroatoms. The highest BCUT2D eigenvalue weighted by Crippen LogP contribution is 2.23. The lowest BCUT2D eigenvalue weighted by Crippen LogP contribution is -2.20. The summed E-state index contributed by atoms with van der Waals surface area (Å²) in [7, 11) is 0. The first-order valence-corrected chi connectivity index (χ1v) is 8.45. The molecule has 4 rings (SSSR count). The summed E-state index contributed by atoms with van der Waals surface area (Å²) in [5, 5.41) is -0.0337. The molecule has 0 spiro atoms. The monoisotopic (exact) mass is 367 g/mol. The van der Waals surface area contributed by atoms with Gasteiger partial charge in [0.05, 0.1) is 16.4 Å². The minimum absolute atomic E-state index is 0.0337. The number of benzene rings is 2. The number of hydrogen-bond acceptors (Lipinski definition) is 2. The summed E-state index contributed by atoms with van der Waals surface area (Å²) in [5.74, 6) is -0.525. The van der Waals surface area contributed by atoms with Crippen LogP contribution >= 0.6 is 11.6 Å². The first-order chi connectivity index (χ1) is 12.4. The van der Waals surface area contributed by atoms with Crippen LogP contribution in [0.15, 0.2) is 59.8 Å². The Hall–Kier alpha value is -2.92. The average molecular weight is 368 g/mol. The van der Waals surface area contributed by atoms with E-state index in [9.17, 15) is 9.18 Å². The predicted molar refractivity (Wildman–Crippen MR) is 101 cm³/mol. The normalized spacial score (nSPS) is 11.2. The van der Waals surface area contributed by atoms with Gasteiger partial charge in [-0.3, -0.25) is 9.36 Å². The van der Waals surface area contributed by atoms with Gasteiger partial charge < -0.3 is 4.40 Å². The van der Waals surface area contributed by atoms with Crippen LogP contribution in [0.4, 0.5) is 4.39 Å². The molecule has 0 radical (unpaired) electrons. The van der Waals surface area contributed by atoms with Gasteiger partial charge in [-0.2, -0.15) is 0 Å². The fraction of sp³-hybridized carbons (Fsp3) is 0.100. The van der Waals surface area contributed by atoms with Gasteiger partial charge in [0, 0.05) is 24.2 Å². The van der Waals surface area contributed by atoms with E-state index in [4.69, 9.17) is 11.6 Å². The van der Waals surface area contributed by atoms with Crippen molar-refractivity contribution in [3.8, 4) is 16.9 Å². The van der Waals surface area contributed by atoms with Crippen LogP contribution in [0.25, 0.3) is 22.6 Å². The summed E-state index contributed by atoms with van der Waals surface area (Å²) in [5.41, 5.74) is 4.46. The molecule has 0 aliphatic carbocycles. The molecule has 2 aromatic heterocycles. The SMILES string of the molecule is Cc1ccc(-c2cn3ccn(-c4ccc(F)c(Cl)c4)c(=O)c3n2)c(C)c1. The molecular weight excluding hydrogens is 353 g/mol. The molecule has 0 aliphatic rings. The van der Waals surface area contributed by atoms with Crippen LogP contribution < -0.4 is 5.56 Å². The summed E-state index contributed by atoms with van der Waals surface area (Å²) < 4.78 is 16.5. The Labute approximate surface area is 154 Å². The molecule has 0 N–H and O–H groups in total. The van der Waals surface area contributed by atoms with Crippen LogP contribution in [0.1, 0.15) is 11.1 Å². The summed E-state index contributed by atoms with van der Waals surface area (Å²) in [6, 6.07) is 10.3. The maximum Gasteiger partial charge on any atom is 0.298 e. The molecule has 4 nitrogen and oxygen atoms in total. The van der Waals surface area contributed by atoms with E-state index in [0.717, 1.165) is 16.8 Å². The lowest BCUT2D eigenvalue weighted by atomic mass is 10.0. The van der Waals surface area contributed by atoms with Crippen LogP contribution in [0.3, 0.4) is 0 Å². The van der Waals surface area contributed by atoms with Gasteiger partial charge in [0.25, 0.3) is 5.56 Å². The summed E-state index contributed by atoms with van der Waals surface area (Å²) >= 11 is 5.84. The zero-order chi connectivity index (χ0) is 18.4. The van der Waals surface area contributed by atoms with Crippen molar-refractivity contribution in [3.05, 3.63) is 87.3 Å². The van der Waals surface area contributed by atoms with Gasteiger partial charge in [-0.25, -0.2) is 9.37 Å². The molecule has 0 amide bonds. The van der Waals surface area contributed by atoms with E-state index in [1.165, 1.54) is 28.3 Å². The van der Waals surface area contributed by atoms with Gasteiger partial charge in [-0.1, -0.05) is 35.4 Å². The predicted octanol–water partition coefficient (Wildman–Crippen LogP) is 4.56. The lowest BCUT2D eigenvalue weighted by molar-refractivity contribution is 0.627. The summed E-state index contributed by atoms with van der Waals surface area (Å²) in [6.45, 7) is 4.05. The lowest BCUT2D eigenvalue weighted by Gasteiger charge is -2.06. The van der Waals surface area contributed by atoms with E-state index in [0.29, 0.717) is 11.3 Å². The van der Waals surface area contributed by atoms with E-state index in [-0.39, 0.29) is 10.6 Å². The van der Waals surface area contributed by atoms with Gasteiger partial charge in [0.15, 0.2) is 0 Å². The topological polar surface area (TPSA) is 39.3 Å². The zero-order valence-corrected chi connectivity index (χ0v) is 15.0. The largest absolute Gasteiger partial charge is 0.300 e. The number of aromatic nitrogens is 3. The van der Waals surface area contributed by atoms with E-state index >= 15 is 0 Å². The van der Waals surface area contributed by atoms with E-state index < -0.39 is 5.82 Å². The van der Waals surface area contributed by atoms with Gasteiger partial charge in [0.1, 0.15) is 5.82 Å². The minimum atomic E-state index is -0.525. The van der Waals surface area contributed by atoms with Crippen molar-refractivity contribution in [1.29, 1.82) is 0 Å². The van der Waals surface area contributed by atoms with E-state index in [1.807, 2.05) is 32.2 Å². The van der Waals surface area contributed by atoms with Crippen LogP contribution in [-0.4, -0.2) is 14.0 Å². The van der Waals surface area contributed by atoms with E-state index in [2.05, 4.69) is 11.1 Å². The number of fused-ring (bicyclic) bond motifs is 1. The quantitative estimate of drug-likeness (QED) is 0.521. The zero-order valence-electron chi connectivity index (χ0n) is 14.2. The number of aryl methyl sites for hydroxylation is 2. The maximum atomic E-state index is 13.4. The number of nitrogens with zero attached hydrogens (tertiary/aromatic N) is 3. The Kier molecular flexibility index (Phi) is 3.89. The molecule has 0 saturated heterocycles. The van der Waals surface area contributed by atoms with Gasteiger partial charge in [0.2, 0.25) is 5.65 Å². The number of imidazole rings is 1. The second-order valence-electron chi connectivity index (χ2n) is 6.25. The average Bonchev–Trinajstić information content (AvgIpc) is 3.03. The molecule has 130 valence electrons. The fourth-order valence-electron chi connectivity index (χ4n) is 3.05. The third kappa shape index (κ3) is 2.70. The van der Waals surface area contributed by atoms with Crippen molar-refractivity contribution >= 4 is 17.2 Å². The van der Waals surface area contributed by atoms with Crippen molar-refractivity contribution in [2.75, 3.05) is 0 Å². The van der Waals surface area contributed by atoms with Crippen molar-refractivity contribution in [3.63, 3.8) is 0 Å². The van der Waals surface area contributed by atoms with Gasteiger partial charge in [-0.15, -0.1) is 0 Å². The summed E-state index contributed by atoms with van der Waals surface area (Å²) in [6.07, 6.45) is 5.19. The Bertz CT molecular complexity index is 1210. The number of halogens is 2. The van der Waals surface area contributed by atoms with Crippen LogP contribution in [0.2, 0.25) is 5.02 Å². The standard InChI is InChI=1S/C20H15ClFN3O/c1-12-3-5-15(13(2)9-12)18-11-24-7-8-25(20(26)19(24)23-18)14-4-6-17(22)16(21)10-14/h3-11H,1-2H3. The second kappa shape index (κ2) is 6.11. The fourth-order valence-corrected chi connectivity index (χ4v) is 3.22. The van der Waals surface area contributed by atoms with Crippen LogP contribution in [0, 0.1) is 19.7 Å². The van der Waals surface area contributed by atoms with Gasteiger partial charge in [-0.05, 0) is 37.6 Å². The Morgan fingerprint density at radius 3 is 2.62 bits per heavy atom. The molecule has 2 aromatic carbocycles. The maximum absolute atomic E-state index is 13.4. The second-order valence-corrected chi connectivity index (χ2v) is 6.65. The molecule has 0 bridgehead atoms. The van der Waals surface area contributed by atoms with Crippen LogP contribution in [0.5, 0.6) is 0 Å². The highest BCUT2D eigenvalue weighted by molar-refractivity contribution is 6.30. The van der Waals surface area contributed by atoms with Crippen molar-refractivity contribution in [2.24, 2.45) is 0 Å². The Balaban J connectivity index is 1.88. The molecule has 0 aliphatic heterocycles. The minimum Gasteiger partial charge on any atom is -0.300 e. The van der Waals surface area contributed by atoms with Crippen LogP contribution in [-0.2, 0) is 0 Å². The first kappa shape index (κ1) is 16.5. The van der Waals surface area contributed by atoms with Crippen molar-refractivity contribution in [1.82, 2.24) is 14.0 Å². The molecule has 0 saturated carbocycles. The van der Waals surface area contributed by atoms with E-state index in [1.54, 1.807) is 16.8 Å². The highest BCUT2D eigenvalue weighted by atomic mass is 35.5. The third-order valence-corrected chi connectivity index (χ3v) is 4.65. The smallest absolute Gasteiger partial charge is 0.298 e. The molecule has 4 aromatic rings. The van der Waals surface area contributed by atoms with Crippen molar-refractivity contribution in [2.45, 2.75) is 13.8 Å². The molecule has 0 unspecified atom stereocenters. The molecule has 26 heavy (non-hydrogen) atoms. The highest BCUT2D eigenvalue weighted by Gasteiger charge is 2.12. The van der Waals surface area contributed by atoms with Crippen molar-refractivity contribution < 1.29 is 4.39 Å². The molecule has 2 heterocycles. The Morgan fingerprint density at radius 2 is 1.88 bits per heavy atom. The molecular formula is C20H15ClFN3O. The van der Waals surface area contributed by atoms with Gasteiger partial charge >= 0.3 is 0 Å². The summed E-state index contributed by atoms with van der Waals surface area (Å²) in [4.78, 5) is 17.4. The number of rotatable bonds is 2. The Morgan fingerprint density at radius 1 is 1.08 bits per heavy atom. The molecule has 0 atom stereocenters. The third-order valence-electron chi connectivity index (χ3n) is 4.36. The first-order valence-electron chi connectivity index (χ1n) is 8.07. The molecule has 0 fully saturated rings.